The lowest BCUT2D eigenvalue weighted by atomic mass is 9.78. The standard InChI is InChI=1S/C22H22N2O3/c25-20(14-27-13-16-8-4-3-5-9-16)19-12-22(15-23-19)17-10-6-1-2-7-11-18(17)24-21(22)26/h1-11,19,23H,12-15H2,(H,24,26)/b2-1?,6-1-,7-2-,10-6?,11-7?,17-10?,18-11?. The van der Waals surface area contributed by atoms with Crippen molar-refractivity contribution < 1.29 is 14.3 Å². The minimum atomic E-state index is -0.693. The summed E-state index contributed by atoms with van der Waals surface area (Å²) in [5.41, 5.74) is 2.10. The average Bonchev–Trinajstić information content (AvgIpc) is 3.20. The molecule has 1 spiro atoms. The molecule has 4 rings (SSSR count). The second kappa shape index (κ2) is 7.47. The Morgan fingerprint density at radius 1 is 1.11 bits per heavy atom. The first-order valence-electron chi connectivity index (χ1n) is 9.14. The minimum absolute atomic E-state index is 0.0186. The second-order valence-electron chi connectivity index (χ2n) is 7.05. The van der Waals surface area contributed by atoms with Crippen LogP contribution in [0.1, 0.15) is 12.0 Å². The highest BCUT2D eigenvalue weighted by molar-refractivity contribution is 5.97. The molecular weight excluding hydrogens is 340 g/mol. The molecule has 0 aromatic heterocycles. The molecule has 2 fully saturated rings. The predicted octanol–water partition coefficient (Wildman–Crippen LogP) is 2.19. The second-order valence-corrected chi connectivity index (χ2v) is 7.05. The van der Waals surface area contributed by atoms with E-state index in [2.05, 4.69) is 10.6 Å². The monoisotopic (exact) mass is 362 g/mol. The van der Waals surface area contributed by atoms with E-state index < -0.39 is 5.41 Å². The number of nitrogens with one attached hydrogen (secondary N) is 2. The van der Waals surface area contributed by atoms with E-state index in [4.69, 9.17) is 4.74 Å². The van der Waals surface area contributed by atoms with Crippen LogP contribution in [-0.4, -0.2) is 30.9 Å². The lowest BCUT2D eigenvalue weighted by Crippen LogP contribution is -2.33. The Hall–Kier alpha value is -2.76. The normalized spacial score (nSPS) is 28.6. The van der Waals surface area contributed by atoms with Gasteiger partial charge in [-0.3, -0.25) is 9.59 Å². The molecule has 2 aliphatic heterocycles. The summed E-state index contributed by atoms with van der Waals surface area (Å²) in [6.07, 6.45) is 12.0. The average molecular weight is 362 g/mol. The lowest BCUT2D eigenvalue weighted by Gasteiger charge is -2.20. The van der Waals surface area contributed by atoms with Crippen molar-refractivity contribution in [3.8, 4) is 0 Å². The van der Waals surface area contributed by atoms with Gasteiger partial charge < -0.3 is 15.4 Å². The smallest absolute Gasteiger partial charge is 0.236 e. The van der Waals surface area contributed by atoms with Gasteiger partial charge in [0.2, 0.25) is 5.91 Å². The van der Waals surface area contributed by atoms with Crippen molar-refractivity contribution in [2.75, 3.05) is 13.2 Å². The summed E-state index contributed by atoms with van der Waals surface area (Å²) in [5.74, 6) is -0.0633. The maximum Gasteiger partial charge on any atom is 0.236 e. The number of Topliss-reactive ketones (excluding diaryl/α,β-unsaturated/α-hetero) is 1. The predicted molar refractivity (Wildman–Crippen MR) is 103 cm³/mol. The maximum absolute atomic E-state index is 12.7. The van der Waals surface area contributed by atoms with Crippen LogP contribution in [0, 0.1) is 5.41 Å². The molecule has 3 aliphatic rings. The third-order valence-corrected chi connectivity index (χ3v) is 5.30. The van der Waals surface area contributed by atoms with Crippen molar-refractivity contribution in [3.63, 3.8) is 0 Å². The molecule has 2 heterocycles. The molecule has 1 aliphatic carbocycles. The summed E-state index contributed by atoms with van der Waals surface area (Å²) in [4.78, 5) is 25.3. The molecular formula is C22H22N2O3. The molecule has 0 radical (unpaired) electrons. The zero-order chi connectivity index (χ0) is 18.7. The molecule has 1 aromatic rings. The summed E-state index contributed by atoms with van der Waals surface area (Å²) in [6.45, 7) is 0.892. The van der Waals surface area contributed by atoms with Crippen molar-refractivity contribution in [2.45, 2.75) is 19.1 Å². The van der Waals surface area contributed by atoms with Crippen LogP contribution in [0.5, 0.6) is 0 Å². The zero-order valence-corrected chi connectivity index (χ0v) is 15.0. The van der Waals surface area contributed by atoms with Gasteiger partial charge in [0.15, 0.2) is 5.78 Å². The summed E-state index contributed by atoms with van der Waals surface area (Å²) >= 11 is 0. The van der Waals surface area contributed by atoms with Crippen LogP contribution in [0.25, 0.3) is 0 Å². The van der Waals surface area contributed by atoms with Crippen molar-refractivity contribution in [2.24, 2.45) is 5.41 Å². The summed E-state index contributed by atoms with van der Waals surface area (Å²) in [6, 6.07) is 9.38. The molecule has 2 saturated heterocycles. The fourth-order valence-electron chi connectivity index (χ4n) is 3.84. The highest BCUT2D eigenvalue weighted by Gasteiger charge is 2.54. The van der Waals surface area contributed by atoms with Gasteiger partial charge in [0.1, 0.15) is 6.61 Å². The fourth-order valence-corrected chi connectivity index (χ4v) is 3.84. The number of carbonyl (C=O) groups is 2. The van der Waals surface area contributed by atoms with Crippen molar-refractivity contribution in [1.82, 2.24) is 10.6 Å². The Morgan fingerprint density at radius 3 is 2.70 bits per heavy atom. The van der Waals surface area contributed by atoms with E-state index in [0.717, 1.165) is 16.8 Å². The van der Waals surface area contributed by atoms with E-state index in [9.17, 15) is 9.59 Å². The number of amides is 1. The van der Waals surface area contributed by atoms with Crippen LogP contribution in [0.4, 0.5) is 0 Å². The number of hydrogen-bond acceptors (Lipinski definition) is 4. The molecule has 2 N–H and O–H groups in total. The first-order valence-corrected chi connectivity index (χ1v) is 9.14. The lowest BCUT2D eigenvalue weighted by molar-refractivity contribution is -0.126. The summed E-state index contributed by atoms with van der Waals surface area (Å²) in [5, 5.41) is 6.20. The van der Waals surface area contributed by atoms with Crippen LogP contribution in [0.15, 0.2) is 78.1 Å². The Morgan fingerprint density at radius 2 is 1.89 bits per heavy atom. The van der Waals surface area contributed by atoms with Crippen LogP contribution in [-0.2, 0) is 20.9 Å². The van der Waals surface area contributed by atoms with Crippen molar-refractivity contribution >= 4 is 11.7 Å². The highest BCUT2D eigenvalue weighted by Crippen LogP contribution is 2.44. The first kappa shape index (κ1) is 17.6. The number of hydrogen-bond donors (Lipinski definition) is 2. The number of carbonyl (C=O) groups excluding carboxylic acids is 2. The van der Waals surface area contributed by atoms with Gasteiger partial charge in [-0.25, -0.2) is 0 Å². The number of ether oxygens (including phenoxy) is 1. The molecule has 2 atom stereocenters. The van der Waals surface area contributed by atoms with Crippen molar-refractivity contribution in [1.29, 1.82) is 0 Å². The maximum atomic E-state index is 12.7. The number of rotatable bonds is 5. The van der Waals surface area contributed by atoms with Gasteiger partial charge in [0.05, 0.1) is 18.1 Å². The fraction of sp³-hybridized carbons (Fsp3) is 0.273. The largest absolute Gasteiger partial charge is 0.369 e. The highest BCUT2D eigenvalue weighted by atomic mass is 16.5. The molecule has 1 aromatic carbocycles. The van der Waals surface area contributed by atoms with E-state index in [0.29, 0.717) is 19.6 Å². The quantitative estimate of drug-likeness (QED) is 0.843. The van der Waals surface area contributed by atoms with Crippen LogP contribution in [0.2, 0.25) is 0 Å². The molecule has 138 valence electrons. The van der Waals surface area contributed by atoms with E-state index in [1.54, 1.807) is 0 Å². The third kappa shape index (κ3) is 3.44. The Labute approximate surface area is 158 Å². The van der Waals surface area contributed by atoms with Crippen LogP contribution in [0.3, 0.4) is 0 Å². The molecule has 0 bridgehead atoms. The first-order chi connectivity index (χ1) is 13.2. The van der Waals surface area contributed by atoms with E-state index >= 15 is 0 Å². The Kier molecular flexibility index (Phi) is 4.88. The molecule has 0 saturated carbocycles. The van der Waals surface area contributed by atoms with Crippen molar-refractivity contribution in [3.05, 3.63) is 83.6 Å². The van der Waals surface area contributed by atoms with Gasteiger partial charge in [-0.15, -0.1) is 0 Å². The number of fused-ring (bicyclic) bond motifs is 2. The number of benzene rings is 1. The number of allylic oxidation sites excluding steroid dienone is 7. The van der Waals surface area contributed by atoms with Crippen LogP contribution >= 0.6 is 0 Å². The molecule has 5 heteroatoms. The van der Waals surface area contributed by atoms with Gasteiger partial charge in [-0.2, -0.15) is 0 Å². The minimum Gasteiger partial charge on any atom is -0.369 e. The number of ketones is 1. The molecule has 27 heavy (non-hydrogen) atoms. The van der Waals surface area contributed by atoms with Crippen LogP contribution < -0.4 is 10.6 Å². The van der Waals surface area contributed by atoms with E-state index in [1.807, 2.05) is 66.8 Å². The Balaban J connectivity index is 1.41. The molecule has 5 nitrogen and oxygen atoms in total. The SMILES string of the molecule is O=C(COCc1ccccc1)C1CC2(CN1)C(=O)NC1=C/C=C\C=C/C=C12. The summed E-state index contributed by atoms with van der Waals surface area (Å²) in [7, 11) is 0. The summed E-state index contributed by atoms with van der Waals surface area (Å²) < 4.78 is 5.58. The van der Waals surface area contributed by atoms with E-state index in [-0.39, 0.29) is 24.3 Å². The van der Waals surface area contributed by atoms with Gasteiger partial charge in [-0.05, 0) is 23.6 Å². The van der Waals surface area contributed by atoms with Gasteiger partial charge in [0.25, 0.3) is 0 Å². The van der Waals surface area contributed by atoms with E-state index in [1.165, 1.54) is 0 Å². The molecule has 2 unspecified atom stereocenters. The zero-order valence-electron chi connectivity index (χ0n) is 15.0. The van der Waals surface area contributed by atoms with Gasteiger partial charge in [0, 0.05) is 12.2 Å². The molecule has 1 amide bonds. The Bertz CT molecular complexity index is 867. The topological polar surface area (TPSA) is 67.4 Å². The van der Waals surface area contributed by atoms with Gasteiger partial charge >= 0.3 is 0 Å². The van der Waals surface area contributed by atoms with Gasteiger partial charge in [-0.1, -0.05) is 60.7 Å². The third-order valence-electron chi connectivity index (χ3n) is 5.30.